The minimum atomic E-state index is -0.757. The Labute approximate surface area is 150 Å². The van der Waals surface area contributed by atoms with Gasteiger partial charge in [-0.2, -0.15) is 0 Å². The van der Waals surface area contributed by atoms with Gasteiger partial charge in [-0.1, -0.05) is 6.92 Å². The molecule has 0 bridgehead atoms. The second-order valence-electron chi connectivity index (χ2n) is 6.12. The van der Waals surface area contributed by atoms with Crippen LogP contribution in [0.4, 0.5) is 0 Å². The van der Waals surface area contributed by atoms with Gasteiger partial charge in [-0.3, -0.25) is 23.9 Å². The van der Waals surface area contributed by atoms with Gasteiger partial charge in [0.2, 0.25) is 5.78 Å². The van der Waals surface area contributed by atoms with E-state index in [2.05, 4.69) is 9.97 Å². The molecule has 26 heavy (non-hydrogen) atoms. The number of carbonyl (C=O) groups excluding carboxylic acids is 2. The molecule has 134 valence electrons. The van der Waals surface area contributed by atoms with Crippen LogP contribution in [-0.4, -0.2) is 31.2 Å². The molecule has 0 aromatic carbocycles. The van der Waals surface area contributed by atoms with Crippen LogP contribution in [-0.2, 0) is 11.3 Å². The van der Waals surface area contributed by atoms with Gasteiger partial charge < -0.3 is 5.11 Å². The van der Waals surface area contributed by atoms with Crippen molar-refractivity contribution < 1.29 is 14.7 Å². The summed E-state index contributed by atoms with van der Waals surface area (Å²) in [6.45, 7) is 2.28. The van der Waals surface area contributed by atoms with Crippen molar-refractivity contribution in [1.82, 2.24) is 14.5 Å². The number of Topliss-reactive ketones (excluding diaryl/α,β-unsaturated/α-hetero) is 2. The first kappa shape index (κ1) is 17.7. The number of pyridine rings is 1. The van der Waals surface area contributed by atoms with Crippen molar-refractivity contribution in [2.45, 2.75) is 39.2 Å². The van der Waals surface area contributed by atoms with E-state index in [-0.39, 0.29) is 29.7 Å². The molecule has 2 aromatic heterocycles. The van der Waals surface area contributed by atoms with E-state index in [1.807, 2.05) is 6.92 Å². The third-order valence-electron chi connectivity index (χ3n) is 4.27. The van der Waals surface area contributed by atoms with Crippen molar-refractivity contribution in [1.29, 1.82) is 0 Å². The van der Waals surface area contributed by atoms with Gasteiger partial charge in [0.15, 0.2) is 5.78 Å². The largest absolute Gasteiger partial charge is 0.511 e. The molecule has 3 rings (SSSR count). The highest BCUT2D eigenvalue weighted by Gasteiger charge is 2.30. The number of hydrogen-bond donors (Lipinski definition) is 1. The number of allylic oxidation sites excluding steroid dienone is 2. The predicted molar refractivity (Wildman–Crippen MR) is 94.9 cm³/mol. The van der Waals surface area contributed by atoms with Gasteiger partial charge >= 0.3 is 0 Å². The molecule has 2 heterocycles. The summed E-state index contributed by atoms with van der Waals surface area (Å²) in [5.41, 5.74) is -0.354. The van der Waals surface area contributed by atoms with Crippen LogP contribution in [0.5, 0.6) is 0 Å². The van der Waals surface area contributed by atoms with E-state index >= 15 is 0 Å². The number of aliphatic hydroxyl groups is 1. The third-order valence-corrected chi connectivity index (χ3v) is 4.27. The number of aromatic nitrogens is 3. The van der Waals surface area contributed by atoms with Crippen LogP contribution in [0, 0.1) is 0 Å². The zero-order valence-electron chi connectivity index (χ0n) is 14.4. The molecule has 0 aliphatic heterocycles. The Morgan fingerprint density at radius 3 is 2.73 bits per heavy atom. The van der Waals surface area contributed by atoms with Gasteiger partial charge in [0, 0.05) is 43.5 Å². The summed E-state index contributed by atoms with van der Waals surface area (Å²) in [4.78, 5) is 46.0. The molecule has 0 saturated heterocycles. The highest BCUT2D eigenvalue weighted by molar-refractivity contribution is 6.26. The molecule has 0 spiro atoms. The molecular weight excluding hydrogens is 334 g/mol. The van der Waals surface area contributed by atoms with Crippen molar-refractivity contribution in [2.24, 2.45) is 0 Å². The first-order chi connectivity index (χ1) is 12.5. The standard InChI is InChI=1S/C19H19N3O4/c1-2-9-22-18(12-5-4-8-20-10-12)21-11-13(19(22)26)17(25)16-14(23)6-3-7-15(16)24/h4-5,8,10-11,23H,2-3,6-7,9H2,1H3. The van der Waals surface area contributed by atoms with Crippen molar-refractivity contribution in [3.8, 4) is 11.4 Å². The lowest BCUT2D eigenvalue weighted by Crippen LogP contribution is -2.31. The van der Waals surface area contributed by atoms with E-state index in [9.17, 15) is 19.5 Å². The third kappa shape index (κ3) is 3.20. The molecule has 7 heteroatoms. The highest BCUT2D eigenvalue weighted by Crippen LogP contribution is 2.23. The predicted octanol–water partition coefficient (Wildman–Crippen LogP) is 2.46. The number of rotatable bonds is 5. The van der Waals surface area contributed by atoms with E-state index < -0.39 is 17.1 Å². The second-order valence-corrected chi connectivity index (χ2v) is 6.12. The fourth-order valence-corrected chi connectivity index (χ4v) is 3.02. The topological polar surface area (TPSA) is 102 Å². The highest BCUT2D eigenvalue weighted by atomic mass is 16.3. The Kier molecular flexibility index (Phi) is 5.06. The molecule has 7 nitrogen and oxygen atoms in total. The summed E-state index contributed by atoms with van der Waals surface area (Å²) in [5, 5.41) is 9.97. The lowest BCUT2D eigenvalue weighted by Gasteiger charge is -2.15. The molecule has 0 radical (unpaired) electrons. The van der Waals surface area contributed by atoms with Gasteiger partial charge in [-0.15, -0.1) is 0 Å². The fraction of sp³-hybridized carbons (Fsp3) is 0.316. The molecule has 0 fully saturated rings. The van der Waals surface area contributed by atoms with E-state index in [0.29, 0.717) is 30.8 Å². The van der Waals surface area contributed by atoms with Crippen LogP contribution < -0.4 is 5.56 Å². The molecule has 0 atom stereocenters. The Bertz CT molecular complexity index is 945. The Morgan fingerprint density at radius 2 is 2.08 bits per heavy atom. The van der Waals surface area contributed by atoms with Crippen LogP contribution in [0.1, 0.15) is 43.0 Å². The maximum Gasteiger partial charge on any atom is 0.265 e. The molecule has 1 aliphatic carbocycles. The van der Waals surface area contributed by atoms with Gasteiger partial charge in [0.1, 0.15) is 22.7 Å². The number of hydrogen-bond acceptors (Lipinski definition) is 6. The quantitative estimate of drug-likeness (QED) is 0.654. The molecule has 1 aliphatic rings. The van der Waals surface area contributed by atoms with Crippen LogP contribution >= 0.6 is 0 Å². The summed E-state index contributed by atoms with van der Waals surface area (Å²) in [6.07, 6.45) is 6.01. The summed E-state index contributed by atoms with van der Waals surface area (Å²) in [5.74, 6) is -1.03. The molecule has 0 saturated carbocycles. The molecule has 1 N–H and O–H groups in total. The van der Waals surface area contributed by atoms with Gasteiger partial charge in [0.05, 0.1) is 0 Å². The van der Waals surface area contributed by atoms with Crippen LogP contribution in [0.25, 0.3) is 11.4 Å². The summed E-state index contributed by atoms with van der Waals surface area (Å²) >= 11 is 0. The number of ketones is 2. The molecule has 0 amide bonds. The zero-order chi connectivity index (χ0) is 18.7. The van der Waals surface area contributed by atoms with E-state index in [0.717, 1.165) is 0 Å². The first-order valence-electron chi connectivity index (χ1n) is 8.54. The van der Waals surface area contributed by atoms with E-state index in [1.54, 1.807) is 24.5 Å². The second kappa shape index (κ2) is 7.43. The summed E-state index contributed by atoms with van der Waals surface area (Å²) in [7, 11) is 0. The van der Waals surface area contributed by atoms with Gasteiger partial charge in [-0.25, -0.2) is 4.98 Å². The molecule has 2 aromatic rings. The Balaban J connectivity index is 2.13. The zero-order valence-corrected chi connectivity index (χ0v) is 14.4. The van der Waals surface area contributed by atoms with Crippen molar-refractivity contribution >= 4 is 11.6 Å². The first-order valence-corrected chi connectivity index (χ1v) is 8.54. The van der Waals surface area contributed by atoms with Crippen molar-refractivity contribution in [2.75, 3.05) is 0 Å². The number of aliphatic hydroxyl groups excluding tert-OH is 1. The maximum atomic E-state index is 12.9. The van der Waals surface area contributed by atoms with Gasteiger partial charge in [0.25, 0.3) is 5.56 Å². The van der Waals surface area contributed by atoms with Crippen LogP contribution in [0.3, 0.4) is 0 Å². The van der Waals surface area contributed by atoms with Crippen molar-refractivity contribution in [3.05, 3.63) is 58.0 Å². The Hall–Kier alpha value is -3.09. The number of carbonyl (C=O) groups is 2. The van der Waals surface area contributed by atoms with Gasteiger partial charge in [-0.05, 0) is 25.0 Å². The number of nitrogens with zero attached hydrogens (tertiary/aromatic N) is 3. The monoisotopic (exact) mass is 353 g/mol. The maximum absolute atomic E-state index is 12.9. The minimum absolute atomic E-state index is 0.190. The Morgan fingerprint density at radius 1 is 1.27 bits per heavy atom. The van der Waals surface area contributed by atoms with Crippen LogP contribution in [0.2, 0.25) is 0 Å². The smallest absolute Gasteiger partial charge is 0.265 e. The fourth-order valence-electron chi connectivity index (χ4n) is 3.02. The lowest BCUT2D eigenvalue weighted by atomic mass is 9.91. The molecule has 0 unspecified atom stereocenters. The van der Waals surface area contributed by atoms with Crippen LogP contribution in [0.15, 0.2) is 46.9 Å². The SMILES string of the molecule is CCCn1c(-c2cccnc2)ncc(C(=O)C2=C(O)CCCC2=O)c1=O. The average molecular weight is 353 g/mol. The summed E-state index contributed by atoms with van der Waals surface area (Å²) < 4.78 is 1.41. The average Bonchev–Trinajstić information content (AvgIpc) is 2.64. The van der Waals surface area contributed by atoms with E-state index in [4.69, 9.17) is 0 Å². The molecular formula is C19H19N3O4. The minimum Gasteiger partial charge on any atom is -0.511 e. The lowest BCUT2D eigenvalue weighted by molar-refractivity contribution is -0.116. The van der Waals surface area contributed by atoms with Crippen molar-refractivity contribution in [3.63, 3.8) is 0 Å². The van der Waals surface area contributed by atoms with E-state index in [1.165, 1.54) is 10.8 Å². The summed E-state index contributed by atoms with van der Waals surface area (Å²) in [6, 6.07) is 3.52. The normalized spacial score (nSPS) is 14.6.